The van der Waals surface area contributed by atoms with Crippen LogP contribution in [-0.4, -0.2) is 5.11 Å². The highest BCUT2D eigenvalue weighted by molar-refractivity contribution is 8.03. The van der Waals surface area contributed by atoms with Gasteiger partial charge in [0.05, 0.1) is 0 Å². The fraction of sp³-hybridized carbons (Fsp3) is 0.0909. The van der Waals surface area contributed by atoms with Crippen LogP contribution in [-0.2, 0) is 5.60 Å². The number of benzene rings is 3. The molecule has 0 aromatic heterocycles. The van der Waals surface area contributed by atoms with Crippen LogP contribution in [0.5, 0.6) is 0 Å². The van der Waals surface area contributed by atoms with Crippen molar-refractivity contribution in [3.63, 3.8) is 0 Å². The Morgan fingerprint density at radius 1 is 0.880 bits per heavy atom. The van der Waals surface area contributed by atoms with Gasteiger partial charge in [-0.25, -0.2) is 0 Å². The molecule has 3 aromatic rings. The van der Waals surface area contributed by atoms with Crippen molar-refractivity contribution >= 4 is 29.4 Å². The second-order valence-corrected chi connectivity index (χ2v) is 7.47. The average Bonchev–Trinajstić information content (AvgIpc) is 2.63. The van der Waals surface area contributed by atoms with Crippen molar-refractivity contribution < 1.29 is 5.11 Å². The minimum Gasteiger partial charge on any atom is -0.380 e. The zero-order chi connectivity index (χ0) is 17.7. The van der Waals surface area contributed by atoms with Crippen LogP contribution in [0.2, 0.25) is 5.02 Å². The van der Waals surface area contributed by atoms with E-state index in [1.165, 1.54) is 0 Å². The average molecular weight is 367 g/mol. The summed E-state index contributed by atoms with van der Waals surface area (Å²) in [6.07, 6.45) is 2.03. The van der Waals surface area contributed by atoms with Crippen LogP contribution in [0.1, 0.15) is 18.1 Å². The second kappa shape index (κ2) is 7.92. The van der Waals surface area contributed by atoms with Gasteiger partial charge >= 0.3 is 0 Å². The molecule has 0 saturated carbocycles. The van der Waals surface area contributed by atoms with Gasteiger partial charge in [0.1, 0.15) is 5.60 Å². The third-order valence-electron chi connectivity index (χ3n) is 3.95. The Bertz CT molecular complexity index is 840. The Labute approximate surface area is 158 Å². The lowest BCUT2D eigenvalue weighted by Crippen LogP contribution is -2.22. The van der Waals surface area contributed by atoms with E-state index in [0.717, 1.165) is 20.9 Å². The summed E-state index contributed by atoms with van der Waals surface area (Å²) >= 11 is 7.57. The molecule has 3 rings (SSSR count). The van der Waals surface area contributed by atoms with E-state index in [9.17, 15) is 5.11 Å². The third-order valence-corrected chi connectivity index (χ3v) is 5.45. The Balaban J connectivity index is 2.03. The zero-order valence-electron chi connectivity index (χ0n) is 13.9. The van der Waals surface area contributed by atoms with E-state index in [0.29, 0.717) is 5.02 Å². The van der Waals surface area contributed by atoms with Gasteiger partial charge in [-0.05, 0) is 48.4 Å². The number of aliphatic hydroxyl groups is 1. The van der Waals surface area contributed by atoms with Crippen LogP contribution in [0.25, 0.3) is 6.08 Å². The summed E-state index contributed by atoms with van der Waals surface area (Å²) in [5, 5.41) is 12.0. The summed E-state index contributed by atoms with van der Waals surface area (Å²) in [6.45, 7) is 1.82. The molecule has 3 aromatic carbocycles. The van der Waals surface area contributed by atoms with Crippen molar-refractivity contribution in [1.29, 1.82) is 0 Å². The maximum atomic E-state index is 11.3. The molecule has 0 spiro atoms. The Morgan fingerprint density at radius 3 is 2.04 bits per heavy atom. The third kappa shape index (κ3) is 4.55. The molecule has 1 unspecified atom stereocenters. The zero-order valence-corrected chi connectivity index (χ0v) is 15.5. The Hall–Kier alpha value is -2.00. The maximum Gasteiger partial charge on any atom is 0.118 e. The van der Waals surface area contributed by atoms with Crippen LogP contribution in [0.3, 0.4) is 0 Å². The van der Waals surface area contributed by atoms with Gasteiger partial charge in [-0.3, -0.25) is 0 Å². The predicted octanol–water partition coefficient (Wildman–Crippen LogP) is 6.38. The molecule has 0 aliphatic rings. The maximum absolute atomic E-state index is 11.3. The number of halogens is 1. The molecule has 0 radical (unpaired) electrons. The first-order valence-corrected chi connectivity index (χ1v) is 9.24. The topological polar surface area (TPSA) is 20.2 Å². The highest BCUT2D eigenvalue weighted by Crippen LogP contribution is 2.41. The van der Waals surface area contributed by atoms with E-state index in [1.54, 1.807) is 23.9 Å². The molecule has 126 valence electrons. The summed E-state index contributed by atoms with van der Waals surface area (Å²) < 4.78 is 0. The molecule has 0 aliphatic carbocycles. The van der Waals surface area contributed by atoms with Crippen LogP contribution in [0.4, 0.5) is 0 Å². The number of rotatable bonds is 5. The molecule has 1 N–H and O–H groups in total. The molecule has 25 heavy (non-hydrogen) atoms. The smallest absolute Gasteiger partial charge is 0.118 e. The number of hydrogen-bond donors (Lipinski definition) is 1. The van der Waals surface area contributed by atoms with Gasteiger partial charge in [0.25, 0.3) is 0 Å². The van der Waals surface area contributed by atoms with Crippen molar-refractivity contribution in [2.75, 3.05) is 0 Å². The Kier molecular flexibility index (Phi) is 5.64. The predicted molar refractivity (Wildman–Crippen MR) is 108 cm³/mol. The van der Waals surface area contributed by atoms with Crippen molar-refractivity contribution in [3.8, 4) is 0 Å². The summed E-state index contributed by atoms with van der Waals surface area (Å²) in [6, 6.07) is 27.5. The molecule has 0 fully saturated rings. The molecular weight excluding hydrogens is 348 g/mol. The number of thioether (sulfide) groups is 1. The van der Waals surface area contributed by atoms with Crippen LogP contribution < -0.4 is 0 Å². The Morgan fingerprint density at radius 2 is 1.44 bits per heavy atom. The van der Waals surface area contributed by atoms with E-state index in [1.807, 2.05) is 85.8 Å². The summed E-state index contributed by atoms with van der Waals surface area (Å²) in [5.41, 5.74) is 0.735. The van der Waals surface area contributed by atoms with Crippen molar-refractivity contribution in [3.05, 3.63) is 106 Å². The van der Waals surface area contributed by atoms with Gasteiger partial charge in [-0.15, -0.1) is 0 Å². The van der Waals surface area contributed by atoms with Gasteiger partial charge in [0.15, 0.2) is 0 Å². The van der Waals surface area contributed by atoms with E-state index in [4.69, 9.17) is 11.6 Å². The molecule has 0 aliphatic heterocycles. The molecule has 1 nitrogen and oxygen atoms in total. The summed E-state index contributed by atoms with van der Waals surface area (Å²) in [7, 11) is 0. The first kappa shape index (κ1) is 17.8. The van der Waals surface area contributed by atoms with E-state index in [2.05, 4.69) is 0 Å². The minimum absolute atomic E-state index is 0.656. The van der Waals surface area contributed by atoms with Gasteiger partial charge in [0, 0.05) is 14.8 Å². The highest BCUT2D eigenvalue weighted by atomic mass is 35.5. The normalized spacial score (nSPS) is 14.1. The molecule has 0 bridgehead atoms. The molecule has 0 saturated heterocycles. The molecule has 0 amide bonds. The minimum atomic E-state index is -1.12. The first-order chi connectivity index (χ1) is 12.1. The van der Waals surface area contributed by atoms with Crippen LogP contribution >= 0.6 is 23.4 Å². The van der Waals surface area contributed by atoms with Crippen LogP contribution in [0, 0.1) is 0 Å². The van der Waals surface area contributed by atoms with Gasteiger partial charge in [0.2, 0.25) is 0 Å². The SMILES string of the molecule is CC(O)(/C(=C/c1ccccc1)Sc1ccccc1)c1ccc(Cl)cc1. The molecular formula is C22H19ClOS. The van der Waals surface area contributed by atoms with E-state index < -0.39 is 5.60 Å². The lowest BCUT2D eigenvalue weighted by molar-refractivity contribution is 0.108. The molecule has 1 atom stereocenters. The first-order valence-electron chi connectivity index (χ1n) is 8.04. The monoisotopic (exact) mass is 366 g/mol. The summed E-state index contributed by atoms with van der Waals surface area (Å²) in [4.78, 5) is 1.94. The lowest BCUT2D eigenvalue weighted by atomic mass is 9.94. The fourth-order valence-corrected chi connectivity index (χ4v) is 3.69. The van der Waals surface area contributed by atoms with Crippen molar-refractivity contribution in [2.45, 2.75) is 17.4 Å². The lowest BCUT2D eigenvalue weighted by Gasteiger charge is -2.27. The fourth-order valence-electron chi connectivity index (χ4n) is 2.50. The summed E-state index contributed by atoms with van der Waals surface area (Å²) in [5.74, 6) is 0. The van der Waals surface area contributed by atoms with Gasteiger partial charge < -0.3 is 5.11 Å². The molecule has 3 heteroatoms. The quantitative estimate of drug-likeness (QED) is 0.528. The largest absolute Gasteiger partial charge is 0.380 e. The van der Waals surface area contributed by atoms with Crippen molar-refractivity contribution in [2.24, 2.45) is 0 Å². The van der Waals surface area contributed by atoms with E-state index in [-0.39, 0.29) is 0 Å². The van der Waals surface area contributed by atoms with E-state index >= 15 is 0 Å². The molecule has 0 heterocycles. The van der Waals surface area contributed by atoms with Crippen molar-refractivity contribution in [1.82, 2.24) is 0 Å². The van der Waals surface area contributed by atoms with Gasteiger partial charge in [-0.2, -0.15) is 0 Å². The standard InChI is InChI=1S/C22H19ClOS/c1-22(24,18-12-14-19(23)15-13-18)21(16-17-8-4-2-5-9-17)25-20-10-6-3-7-11-20/h2-16,24H,1H3/b21-16-. The van der Waals surface area contributed by atoms with Gasteiger partial charge in [-0.1, -0.05) is 84.0 Å². The van der Waals surface area contributed by atoms with Crippen LogP contribution in [0.15, 0.2) is 94.7 Å². The number of hydrogen-bond acceptors (Lipinski definition) is 2. The second-order valence-electron chi connectivity index (χ2n) is 5.91. The highest BCUT2D eigenvalue weighted by Gasteiger charge is 2.29.